The molecule has 1 saturated heterocycles. The van der Waals surface area contributed by atoms with Crippen molar-refractivity contribution in [2.45, 2.75) is 76.6 Å². The van der Waals surface area contributed by atoms with E-state index in [1.807, 2.05) is 0 Å². The summed E-state index contributed by atoms with van der Waals surface area (Å²) in [5.74, 6) is -0.651. The van der Waals surface area contributed by atoms with Gasteiger partial charge >= 0.3 is 0 Å². The van der Waals surface area contributed by atoms with Crippen molar-refractivity contribution in [3.63, 3.8) is 0 Å². The summed E-state index contributed by atoms with van der Waals surface area (Å²) in [7, 11) is 3.49. The van der Waals surface area contributed by atoms with Crippen molar-refractivity contribution >= 4 is 0 Å². The summed E-state index contributed by atoms with van der Waals surface area (Å²) in [5.41, 5.74) is 2.35. The van der Waals surface area contributed by atoms with E-state index in [-0.39, 0.29) is 0 Å². The van der Waals surface area contributed by atoms with Gasteiger partial charge in [0.1, 0.15) is 6.10 Å². The fraction of sp³-hybridized carbons (Fsp3) is 0.739. The fourth-order valence-corrected chi connectivity index (χ4v) is 3.52. The molecule has 2 rings (SSSR count). The SMILES string of the molecule is CCCCCCCCCC(OC)(OC)c1cccc(CCOCC2CO2)c1. The van der Waals surface area contributed by atoms with Crippen molar-refractivity contribution in [1.29, 1.82) is 0 Å². The summed E-state index contributed by atoms with van der Waals surface area (Å²) < 4.78 is 22.6. The molecule has 0 saturated carbocycles. The molecule has 0 amide bonds. The zero-order valence-corrected chi connectivity index (χ0v) is 17.5. The number of hydrogen-bond acceptors (Lipinski definition) is 4. The summed E-state index contributed by atoms with van der Waals surface area (Å²) in [5, 5.41) is 0. The van der Waals surface area contributed by atoms with Crippen molar-refractivity contribution in [2.24, 2.45) is 0 Å². The molecule has 0 radical (unpaired) electrons. The van der Waals surface area contributed by atoms with E-state index in [0.29, 0.717) is 19.3 Å². The average Bonchev–Trinajstić information content (AvgIpc) is 3.53. The van der Waals surface area contributed by atoms with Gasteiger partial charge in [-0.25, -0.2) is 0 Å². The first-order valence-corrected chi connectivity index (χ1v) is 10.6. The normalized spacial score (nSPS) is 16.6. The molecule has 1 unspecified atom stereocenters. The summed E-state index contributed by atoms with van der Waals surface area (Å²) in [6, 6.07) is 8.54. The highest BCUT2D eigenvalue weighted by Crippen LogP contribution is 2.32. The van der Waals surface area contributed by atoms with E-state index in [9.17, 15) is 0 Å². The summed E-state index contributed by atoms with van der Waals surface area (Å²) in [6.45, 7) is 4.53. The number of ether oxygens (including phenoxy) is 4. The van der Waals surface area contributed by atoms with Crippen LogP contribution in [0.15, 0.2) is 24.3 Å². The van der Waals surface area contributed by atoms with Gasteiger partial charge in [-0.1, -0.05) is 69.7 Å². The molecule has 0 spiro atoms. The molecule has 1 fully saturated rings. The molecule has 154 valence electrons. The van der Waals surface area contributed by atoms with E-state index < -0.39 is 5.79 Å². The minimum Gasteiger partial charge on any atom is -0.378 e. The molecule has 1 aliphatic heterocycles. The predicted octanol–water partition coefficient (Wildman–Crippen LogP) is 5.23. The van der Waals surface area contributed by atoms with Gasteiger partial charge in [-0.2, -0.15) is 0 Å². The molecule has 1 atom stereocenters. The standard InChI is InChI=1S/C23H38O4/c1-4-5-6-7-8-9-10-15-23(24-2,25-3)21-13-11-12-20(17-21)14-16-26-18-22-19-27-22/h11-13,17,22H,4-10,14-16,18-19H2,1-3H3. The number of rotatable bonds is 16. The predicted molar refractivity (Wildman–Crippen MR) is 109 cm³/mol. The molecule has 4 nitrogen and oxygen atoms in total. The van der Waals surface area contributed by atoms with Crippen LogP contribution in [0.2, 0.25) is 0 Å². The second-order valence-corrected chi connectivity index (χ2v) is 7.51. The van der Waals surface area contributed by atoms with Gasteiger partial charge in [0.15, 0.2) is 5.79 Å². The van der Waals surface area contributed by atoms with E-state index in [1.54, 1.807) is 14.2 Å². The Kier molecular flexibility index (Phi) is 10.4. The van der Waals surface area contributed by atoms with Crippen LogP contribution in [0.4, 0.5) is 0 Å². The number of hydrogen-bond donors (Lipinski definition) is 0. The molecule has 0 N–H and O–H groups in total. The third-order valence-corrected chi connectivity index (χ3v) is 5.38. The van der Waals surface area contributed by atoms with E-state index in [2.05, 4.69) is 31.2 Å². The van der Waals surface area contributed by atoms with Crippen molar-refractivity contribution in [3.05, 3.63) is 35.4 Å². The van der Waals surface area contributed by atoms with Crippen LogP contribution in [0, 0.1) is 0 Å². The lowest BCUT2D eigenvalue weighted by molar-refractivity contribution is -0.221. The van der Waals surface area contributed by atoms with Gasteiger partial charge in [-0.15, -0.1) is 0 Å². The monoisotopic (exact) mass is 378 g/mol. The lowest BCUT2D eigenvalue weighted by Gasteiger charge is -2.32. The Hall–Kier alpha value is -0.940. The van der Waals surface area contributed by atoms with Crippen molar-refractivity contribution in [1.82, 2.24) is 0 Å². The molecule has 0 bridgehead atoms. The van der Waals surface area contributed by atoms with Gasteiger partial charge < -0.3 is 18.9 Å². The first-order chi connectivity index (χ1) is 13.2. The van der Waals surface area contributed by atoms with E-state index in [4.69, 9.17) is 18.9 Å². The number of epoxide rings is 1. The highest BCUT2D eigenvalue weighted by molar-refractivity contribution is 5.27. The number of benzene rings is 1. The Morgan fingerprint density at radius 3 is 2.41 bits per heavy atom. The van der Waals surface area contributed by atoms with Crippen LogP contribution in [0.1, 0.15) is 69.4 Å². The first kappa shape index (κ1) is 22.4. The van der Waals surface area contributed by atoms with Crippen molar-refractivity contribution < 1.29 is 18.9 Å². The van der Waals surface area contributed by atoms with Gasteiger partial charge in [0.05, 0.1) is 19.8 Å². The third kappa shape index (κ3) is 7.90. The Bertz CT molecular complexity index is 509. The maximum atomic E-state index is 5.87. The molecular formula is C23H38O4. The van der Waals surface area contributed by atoms with Gasteiger partial charge in [0, 0.05) is 26.2 Å². The summed E-state index contributed by atoms with van der Waals surface area (Å²) in [4.78, 5) is 0. The van der Waals surface area contributed by atoms with Crippen LogP contribution in [0.3, 0.4) is 0 Å². The molecular weight excluding hydrogens is 340 g/mol. The molecule has 4 heteroatoms. The van der Waals surface area contributed by atoms with E-state index >= 15 is 0 Å². The Morgan fingerprint density at radius 1 is 1.04 bits per heavy atom. The minimum absolute atomic E-state index is 0.327. The Labute approximate surface area is 165 Å². The molecule has 1 heterocycles. The van der Waals surface area contributed by atoms with Crippen molar-refractivity contribution in [2.75, 3.05) is 34.0 Å². The molecule has 0 aliphatic carbocycles. The van der Waals surface area contributed by atoms with Crippen LogP contribution >= 0.6 is 0 Å². The fourth-order valence-electron chi connectivity index (χ4n) is 3.52. The van der Waals surface area contributed by atoms with Gasteiger partial charge in [-0.3, -0.25) is 0 Å². The van der Waals surface area contributed by atoms with Crippen LogP contribution in [-0.4, -0.2) is 40.1 Å². The zero-order chi connectivity index (χ0) is 19.4. The number of unbranched alkanes of at least 4 members (excludes halogenated alkanes) is 6. The maximum Gasteiger partial charge on any atom is 0.194 e. The zero-order valence-electron chi connectivity index (χ0n) is 17.5. The van der Waals surface area contributed by atoms with Gasteiger partial charge in [-0.05, 0) is 18.4 Å². The molecule has 1 aromatic rings. The van der Waals surface area contributed by atoms with Crippen LogP contribution < -0.4 is 0 Å². The first-order valence-electron chi connectivity index (χ1n) is 10.6. The largest absolute Gasteiger partial charge is 0.378 e. The third-order valence-electron chi connectivity index (χ3n) is 5.38. The Balaban J connectivity index is 1.82. The maximum absolute atomic E-state index is 5.87. The average molecular weight is 379 g/mol. The van der Waals surface area contributed by atoms with Gasteiger partial charge in [0.25, 0.3) is 0 Å². The van der Waals surface area contributed by atoms with Crippen molar-refractivity contribution in [3.8, 4) is 0 Å². The van der Waals surface area contributed by atoms with Crippen LogP contribution in [-0.2, 0) is 31.2 Å². The molecule has 27 heavy (non-hydrogen) atoms. The number of methoxy groups -OCH3 is 2. The van der Waals surface area contributed by atoms with Gasteiger partial charge in [0.2, 0.25) is 0 Å². The highest BCUT2D eigenvalue weighted by atomic mass is 16.7. The lowest BCUT2D eigenvalue weighted by atomic mass is 9.96. The lowest BCUT2D eigenvalue weighted by Crippen LogP contribution is -2.31. The second kappa shape index (κ2) is 12.5. The van der Waals surface area contributed by atoms with E-state index in [1.165, 1.54) is 44.1 Å². The quantitative estimate of drug-likeness (QED) is 0.224. The highest BCUT2D eigenvalue weighted by Gasteiger charge is 2.31. The second-order valence-electron chi connectivity index (χ2n) is 7.51. The smallest absolute Gasteiger partial charge is 0.194 e. The summed E-state index contributed by atoms with van der Waals surface area (Å²) >= 11 is 0. The minimum atomic E-state index is -0.651. The molecule has 1 aromatic carbocycles. The van der Waals surface area contributed by atoms with E-state index in [0.717, 1.165) is 31.4 Å². The molecule has 0 aromatic heterocycles. The molecule has 1 aliphatic rings. The topological polar surface area (TPSA) is 40.2 Å². The van der Waals surface area contributed by atoms with Crippen LogP contribution in [0.25, 0.3) is 0 Å². The van der Waals surface area contributed by atoms with Crippen LogP contribution in [0.5, 0.6) is 0 Å². The summed E-state index contributed by atoms with van der Waals surface area (Å²) in [6.07, 6.45) is 11.1. The Morgan fingerprint density at radius 2 is 1.74 bits per heavy atom.